The highest BCUT2D eigenvalue weighted by atomic mass is 19.4. The lowest BCUT2D eigenvalue weighted by Gasteiger charge is -2.23. The third kappa shape index (κ3) is 7.47. The highest BCUT2D eigenvalue weighted by Gasteiger charge is 2.29. The van der Waals surface area contributed by atoms with E-state index in [0.29, 0.717) is 41.7 Å². The van der Waals surface area contributed by atoms with Gasteiger partial charge < -0.3 is 25.3 Å². The van der Waals surface area contributed by atoms with Gasteiger partial charge in [-0.3, -0.25) is 4.79 Å². The second-order valence-corrected chi connectivity index (χ2v) is 8.84. The minimum absolute atomic E-state index is 0.204. The van der Waals surface area contributed by atoms with Gasteiger partial charge in [-0.1, -0.05) is 12.0 Å². The van der Waals surface area contributed by atoms with Crippen LogP contribution in [0.1, 0.15) is 41.5 Å². The summed E-state index contributed by atoms with van der Waals surface area (Å²) in [6, 6.07) is 10.9. The number of hydrogen-bond acceptors (Lipinski definition) is 5. The van der Waals surface area contributed by atoms with Crippen LogP contribution in [0.25, 0.3) is 10.9 Å². The topological polar surface area (TPSA) is 80.2 Å². The van der Waals surface area contributed by atoms with E-state index in [0.717, 1.165) is 37.0 Å². The summed E-state index contributed by atoms with van der Waals surface area (Å²) in [5.74, 6) is 5.52. The van der Waals surface area contributed by atoms with Crippen LogP contribution in [0.15, 0.2) is 42.6 Å². The molecule has 3 aromatic rings. The van der Waals surface area contributed by atoms with E-state index >= 15 is 0 Å². The molecule has 0 bridgehead atoms. The standard InChI is InChI=1S/C27H30F3N5O2/c1-2-31-26(36)24-7-6-22(17-34-24)32-11-3-4-23-15-20-14-19(16-33-21-9-12-37-13-10-21)5-8-25(20)35(23)18-27(28,29)30/h5-8,14-15,17,21,32-33H,2,9-13,16,18H2,1H3,(H,31,36). The van der Waals surface area contributed by atoms with E-state index in [1.807, 2.05) is 19.1 Å². The van der Waals surface area contributed by atoms with Gasteiger partial charge in [0.2, 0.25) is 0 Å². The molecule has 1 aromatic carbocycles. The van der Waals surface area contributed by atoms with Crippen molar-refractivity contribution in [1.82, 2.24) is 20.2 Å². The number of ether oxygens (including phenoxy) is 1. The fourth-order valence-corrected chi connectivity index (χ4v) is 4.21. The molecule has 3 N–H and O–H groups in total. The highest BCUT2D eigenvalue weighted by Crippen LogP contribution is 2.26. The van der Waals surface area contributed by atoms with Crippen LogP contribution < -0.4 is 16.0 Å². The predicted octanol–water partition coefficient (Wildman–Crippen LogP) is 4.08. The first kappa shape index (κ1) is 26.5. The zero-order valence-electron chi connectivity index (χ0n) is 20.6. The van der Waals surface area contributed by atoms with E-state index in [4.69, 9.17) is 4.74 Å². The van der Waals surface area contributed by atoms with Gasteiger partial charge in [-0.05, 0) is 61.6 Å². The van der Waals surface area contributed by atoms with E-state index in [1.165, 1.54) is 10.8 Å². The maximum absolute atomic E-state index is 13.3. The van der Waals surface area contributed by atoms with E-state index in [2.05, 4.69) is 32.8 Å². The van der Waals surface area contributed by atoms with Crippen molar-refractivity contribution in [3.8, 4) is 11.8 Å². The summed E-state index contributed by atoms with van der Waals surface area (Å²) in [7, 11) is 0. The number of alkyl halides is 3. The van der Waals surface area contributed by atoms with Gasteiger partial charge in [-0.15, -0.1) is 0 Å². The number of benzene rings is 1. The number of halogens is 3. The van der Waals surface area contributed by atoms with E-state index < -0.39 is 12.7 Å². The zero-order chi connectivity index (χ0) is 26.3. The monoisotopic (exact) mass is 513 g/mol. The fraction of sp³-hybridized carbons (Fsp3) is 0.407. The molecule has 0 aliphatic carbocycles. The molecule has 0 radical (unpaired) electrons. The Morgan fingerprint density at radius 1 is 1.19 bits per heavy atom. The maximum atomic E-state index is 13.3. The molecule has 0 spiro atoms. The van der Waals surface area contributed by atoms with E-state index in [9.17, 15) is 18.0 Å². The van der Waals surface area contributed by atoms with Crippen molar-refractivity contribution in [3.63, 3.8) is 0 Å². The lowest BCUT2D eigenvalue weighted by Crippen LogP contribution is -2.34. The summed E-state index contributed by atoms with van der Waals surface area (Å²) in [6.45, 7) is 3.55. The van der Waals surface area contributed by atoms with Crippen LogP contribution in [0.2, 0.25) is 0 Å². The van der Waals surface area contributed by atoms with Gasteiger partial charge in [-0.25, -0.2) is 4.98 Å². The van der Waals surface area contributed by atoms with Gasteiger partial charge in [0.25, 0.3) is 5.91 Å². The van der Waals surface area contributed by atoms with Gasteiger partial charge in [0.1, 0.15) is 12.2 Å². The normalized spacial score (nSPS) is 14.3. The summed E-state index contributed by atoms with van der Waals surface area (Å²) >= 11 is 0. The van der Waals surface area contributed by atoms with Crippen LogP contribution in [-0.4, -0.2) is 54.0 Å². The molecule has 196 valence electrons. The molecule has 2 aromatic heterocycles. The lowest BCUT2D eigenvalue weighted by atomic mass is 10.1. The number of nitrogens with one attached hydrogen (secondary N) is 3. The second-order valence-electron chi connectivity index (χ2n) is 8.84. The Hall–Kier alpha value is -3.55. The number of rotatable bonds is 8. The van der Waals surface area contributed by atoms with Crippen molar-refractivity contribution in [2.24, 2.45) is 0 Å². The zero-order valence-corrected chi connectivity index (χ0v) is 20.6. The van der Waals surface area contributed by atoms with Crippen LogP contribution >= 0.6 is 0 Å². The smallest absolute Gasteiger partial charge is 0.381 e. The SMILES string of the molecule is CCNC(=O)c1ccc(NCC#Cc2cc3cc(CNC4CCOCC4)ccc3n2CC(F)(F)F)cn1. The molecular weight excluding hydrogens is 483 g/mol. The first-order valence-electron chi connectivity index (χ1n) is 12.3. The van der Waals surface area contributed by atoms with E-state index in [-0.39, 0.29) is 12.5 Å². The minimum Gasteiger partial charge on any atom is -0.381 e. The summed E-state index contributed by atoms with van der Waals surface area (Å²) < 4.78 is 46.6. The molecule has 0 saturated carbocycles. The molecule has 1 fully saturated rings. The van der Waals surface area contributed by atoms with Crippen molar-refractivity contribution in [2.45, 2.75) is 45.1 Å². The number of anilines is 1. The Balaban J connectivity index is 1.46. The number of fused-ring (bicyclic) bond motifs is 1. The molecule has 1 aliphatic heterocycles. The number of aromatic nitrogens is 2. The van der Waals surface area contributed by atoms with Crippen molar-refractivity contribution in [2.75, 3.05) is 31.6 Å². The number of nitrogens with zero attached hydrogens (tertiary/aromatic N) is 2. The summed E-state index contributed by atoms with van der Waals surface area (Å²) in [4.78, 5) is 15.9. The summed E-state index contributed by atoms with van der Waals surface area (Å²) in [5, 5.41) is 9.96. The molecule has 0 unspecified atom stereocenters. The van der Waals surface area contributed by atoms with Gasteiger partial charge in [0, 0.05) is 43.2 Å². The first-order chi connectivity index (χ1) is 17.8. The molecule has 1 amide bonds. The number of hydrogen-bond donors (Lipinski definition) is 3. The van der Waals surface area contributed by atoms with Crippen LogP contribution in [0.3, 0.4) is 0 Å². The minimum atomic E-state index is -4.37. The van der Waals surface area contributed by atoms with Crippen LogP contribution in [0, 0.1) is 11.8 Å². The predicted molar refractivity (Wildman–Crippen MR) is 136 cm³/mol. The third-order valence-electron chi connectivity index (χ3n) is 6.05. The molecular formula is C27H30F3N5O2. The number of carbonyl (C=O) groups excluding carboxylic acids is 1. The molecule has 1 aliphatic rings. The molecule has 4 rings (SSSR count). The van der Waals surface area contributed by atoms with E-state index in [1.54, 1.807) is 24.3 Å². The van der Waals surface area contributed by atoms with Crippen LogP contribution in [-0.2, 0) is 17.8 Å². The second kappa shape index (κ2) is 12.1. The first-order valence-corrected chi connectivity index (χ1v) is 12.3. The van der Waals surface area contributed by atoms with Crippen molar-refractivity contribution in [3.05, 3.63) is 59.5 Å². The largest absolute Gasteiger partial charge is 0.406 e. The van der Waals surface area contributed by atoms with Crippen LogP contribution in [0.5, 0.6) is 0 Å². The average Bonchev–Trinajstić information content (AvgIpc) is 3.21. The molecule has 10 heteroatoms. The van der Waals surface area contributed by atoms with Crippen LogP contribution in [0.4, 0.5) is 18.9 Å². The van der Waals surface area contributed by atoms with Gasteiger partial charge in [-0.2, -0.15) is 13.2 Å². The van der Waals surface area contributed by atoms with Gasteiger partial charge >= 0.3 is 6.18 Å². The number of pyridine rings is 1. The Morgan fingerprint density at radius 3 is 2.70 bits per heavy atom. The highest BCUT2D eigenvalue weighted by molar-refractivity contribution is 5.92. The summed E-state index contributed by atoms with van der Waals surface area (Å²) in [5.41, 5.74) is 2.76. The Morgan fingerprint density at radius 2 is 2.00 bits per heavy atom. The molecule has 37 heavy (non-hydrogen) atoms. The molecule has 1 saturated heterocycles. The lowest BCUT2D eigenvalue weighted by molar-refractivity contribution is -0.140. The fourth-order valence-electron chi connectivity index (χ4n) is 4.21. The quantitative estimate of drug-likeness (QED) is 0.396. The number of amides is 1. The van der Waals surface area contributed by atoms with Crippen molar-refractivity contribution < 1.29 is 22.7 Å². The number of carbonyl (C=O) groups is 1. The van der Waals surface area contributed by atoms with Crippen molar-refractivity contribution in [1.29, 1.82) is 0 Å². The van der Waals surface area contributed by atoms with Gasteiger partial charge in [0.05, 0.1) is 24.1 Å². The molecule has 7 nitrogen and oxygen atoms in total. The molecule has 3 heterocycles. The Labute approximate surface area is 213 Å². The Bertz CT molecular complexity index is 1270. The summed E-state index contributed by atoms with van der Waals surface area (Å²) in [6.07, 6.45) is -0.955. The van der Waals surface area contributed by atoms with Crippen molar-refractivity contribution >= 4 is 22.5 Å². The Kier molecular flexibility index (Phi) is 8.69. The third-order valence-corrected chi connectivity index (χ3v) is 6.05. The van der Waals surface area contributed by atoms with Gasteiger partial charge in [0.15, 0.2) is 0 Å². The molecule has 0 atom stereocenters. The maximum Gasteiger partial charge on any atom is 0.406 e. The average molecular weight is 514 g/mol.